The maximum atomic E-state index is 12.6. The molecule has 0 atom stereocenters. The van der Waals surface area contributed by atoms with Crippen molar-refractivity contribution in [3.8, 4) is 11.8 Å². The maximum Gasteiger partial charge on any atom is 0.266 e. The Hall–Kier alpha value is -2.59. The van der Waals surface area contributed by atoms with E-state index in [9.17, 15) is 10.1 Å². The molecule has 0 spiro atoms. The Balaban J connectivity index is 1.77. The zero-order chi connectivity index (χ0) is 23.3. The second-order valence-electron chi connectivity index (χ2n) is 7.18. The minimum Gasteiger partial charge on any atom is -0.487 e. The number of nitrogens with one attached hydrogen (secondary N) is 1. The van der Waals surface area contributed by atoms with Crippen molar-refractivity contribution in [3.63, 3.8) is 0 Å². The van der Waals surface area contributed by atoms with Gasteiger partial charge in [0.1, 0.15) is 24.0 Å². The van der Waals surface area contributed by atoms with Gasteiger partial charge in [0.15, 0.2) is 0 Å². The summed E-state index contributed by atoms with van der Waals surface area (Å²) < 4.78 is 7.38. The van der Waals surface area contributed by atoms with Gasteiger partial charge in [-0.1, -0.05) is 47.5 Å². The number of rotatable bonds is 6. The molecule has 1 amide bonds. The Bertz CT molecular complexity index is 1230. The van der Waals surface area contributed by atoms with Crippen molar-refractivity contribution in [2.75, 3.05) is 5.32 Å². The summed E-state index contributed by atoms with van der Waals surface area (Å²) in [6.45, 7) is 4.32. The number of carbonyl (C=O) groups excluding carboxylic acids is 1. The molecule has 1 N–H and O–H groups in total. The lowest BCUT2D eigenvalue weighted by Gasteiger charge is -2.12. The molecule has 0 saturated carbocycles. The van der Waals surface area contributed by atoms with Crippen molar-refractivity contribution in [1.29, 1.82) is 5.26 Å². The SMILES string of the molecule is Cc1cccc(COc2c(Br)cc(/C=C(/C#N)C(=O)Nc3ccc(C)c(Cl)c3)cc2Br)c1. The molecule has 3 aromatic carbocycles. The summed E-state index contributed by atoms with van der Waals surface area (Å²) in [5, 5.41) is 12.8. The number of aryl methyl sites for hydroxylation is 2. The van der Waals surface area contributed by atoms with E-state index in [1.54, 1.807) is 30.3 Å². The molecule has 32 heavy (non-hydrogen) atoms. The predicted octanol–water partition coefficient (Wildman–Crippen LogP) is 7.61. The molecule has 0 radical (unpaired) electrons. The summed E-state index contributed by atoms with van der Waals surface area (Å²) in [6, 6.07) is 18.8. The van der Waals surface area contributed by atoms with E-state index in [2.05, 4.69) is 43.2 Å². The molecule has 162 valence electrons. The van der Waals surface area contributed by atoms with Crippen molar-refractivity contribution in [1.82, 2.24) is 0 Å². The molecule has 0 aromatic heterocycles. The highest BCUT2D eigenvalue weighted by molar-refractivity contribution is 9.11. The van der Waals surface area contributed by atoms with Crippen molar-refractivity contribution >= 4 is 61.1 Å². The Morgan fingerprint density at radius 3 is 2.47 bits per heavy atom. The van der Waals surface area contributed by atoms with Crippen LogP contribution < -0.4 is 10.1 Å². The van der Waals surface area contributed by atoms with Crippen LogP contribution in [0.15, 0.2) is 69.1 Å². The molecule has 0 bridgehead atoms. The molecule has 0 aliphatic heterocycles. The highest BCUT2D eigenvalue weighted by atomic mass is 79.9. The monoisotopic (exact) mass is 572 g/mol. The number of amides is 1. The highest BCUT2D eigenvalue weighted by Gasteiger charge is 2.13. The number of nitrogens with zero attached hydrogens (tertiary/aromatic N) is 1. The van der Waals surface area contributed by atoms with E-state index < -0.39 is 5.91 Å². The van der Waals surface area contributed by atoms with Crippen LogP contribution in [0.1, 0.15) is 22.3 Å². The van der Waals surface area contributed by atoms with Gasteiger partial charge < -0.3 is 10.1 Å². The second kappa shape index (κ2) is 10.8. The summed E-state index contributed by atoms with van der Waals surface area (Å²) in [5.74, 6) is 0.125. The highest BCUT2D eigenvalue weighted by Crippen LogP contribution is 2.36. The van der Waals surface area contributed by atoms with Crippen LogP contribution in [-0.4, -0.2) is 5.91 Å². The summed E-state index contributed by atoms with van der Waals surface area (Å²) in [4.78, 5) is 12.6. The standard InChI is InChI=1S/C25H19Br2ClN2O2/c1-15-4-3-5-17(8-15)14-32-24-21(26)10-18(11-22(24)27)9-19(13-29)25(31)30-20-7-6-16(2)23(28)12-20/h3-12H,14H2,1-2H3,(H,30,31)/b19-9-. The molecule has 0 saturated heterocycles. The number of ether oxygens (including phenoxy) is 1. The Labute approximate surface area is 209 Å². The van der Waals surface area contributed by atoms with Gasteiger partial charge in [-0.15, -0.1) is 0 Å². The summed E-state index contributed by atoms with van der Waals surface area (Å²) in [6.07, 6.45) is 1.52. The first-order valence-corrected chi connectivity index (χ1v) is 11.6. The van der Waals surface area contributed by atoms with Crippen LogP contribution in [-0.2, 0) is 11.4 Å². The van der Waals surface area contributed by atoms with Gasteiger partial charge in [0.05, 0.1) is 8.95 Å². The Morgan fingerprint density at radius 1 is 1.12 bits per heavy atom. The molecule has 0 aliphatic carbocycles. The third-order valence-corrected chi connectivity index (χ3v) is 6.18. The number of hydrogen-bond acceptors (Lipinski definition) is 3. The van der Waals surface area contributed by atoms with Gasteiger partial charge in [-0.05, 0) is 92.7 Å². The van der Waals surface area contributed by atoms with E-state index in [1.807, 2.05) is 38.1 Å². The molecule has 4 nitrogen and oxygen atoms in total. The van der Waals surface area contributed by atoms with Gasteiger partial charge in [0.2, 0.25) is 0 Å². The van der Waals surface area contributed by atoms with Crippen LogP contribution in [0.4, 0.5) is 5.69 Å². The molecule has 0 heterocycles. The molecule has 0 unspecified atom stereocenters. The van der Waals surface area contributed by atoms with E-state index in [0.717, 1.165) is 11.1 Å². The lowest BCUT2D eigenvalue weighted by molar-refractivity contribution is -0.112. The number of benzene rings is 3. The van der Waals surface area contributed by atoms with Crippen LogP contribution in [0.5, 0.6) is 5.75 Å². The van der Waals surface area contributed by atoms with E-state index in [1.165, 1.54) is 11.6 Å². The predicted molar refractivity (Wildman–Crippen MR) is 136 cm³/mol. The van der Waals surface area contributed by atoms with Gasteiger partial charge in [0.25, 0.3) is 5.91 Å². The number of halogens is 3. The minimum absolute atomic E-state index is 0.0334. The molecule has 3 aromatic rings. The van der Waals surface area contributed by atoms with Crippen molar-refractivity contribution in [3.05, 3.63) is 96.4 Å². The summed E-state index contributed by atoms with van der Waals surface area (Å²) in [7, 11) is 0. The molecular formula is C25H19Br2ClN2O2. The lowest BCUT2D eigenvalue weighted by Crippen LogP contribution is -2.13. The maximum absolute atomic E-state index is 12.6. The van der Waals surface area contributed by atoms with Gasteiger partial charge in [-0.25, -0.2) is 0 Å². The third-order valence-electron chi connectivity index (χ3n) is 4.59. The van der Waals surface area contributed by atoms with Gasteiger partial charge >= 0.3 is 0 Å². The Morgan fingerprint density at radius 2 is 1.84 bits per heavy atom. The minimum atomic E-state index is -0.514. The van der Waals surface area contributed by atoms with Crippen molar-refractivity contribution in [2.24, 2.45) is 0 Å². The zero-order valence-electron chi connectivity index (χ0n) is 17.4. The first kappa shape index (κ1) is 24.1. The lowest BCUT2D eigenvalue weighted by atomic mass is 10.1. The van der Waals surface area contributed by atoms with E-state index >= 15 is 0 Å². The first-order valence-electron chi connectivity index (χ1n) is 9.63. The molecular weight excluding hydrogens is 556 g/mol. The van der Waals surface area contributed by atoms with Gasteiger partial charge in [0, 0.05) is 10.7 Å². The average molecular weight is 575 g/mol. The van der Waals surface area contributed by atoms with Crippen molar-refractivity contribution < 1.29 is 9.53 Å². The van der Waals surface area contributed by atoms with Crippen LogP contribution >= 0.6 is 43.5 Å². The quantitative estimate of drug-likeness (QED) is 0.244. The fourth-order valence-corrected chi connectivity index (χ4v) is 4.57. The molecule has 3 rings (SSSR count). The number of hydrogen-bond donors (Lipinski definition) is 1. The Kier molecular flexibility index (Phi) is 8.14. The fourth-order valence-electron chi connectivity index (χ4n) is 2.94. The van der Waals surface area contributed by atoms with Gasteiger partial charge in [-0.3, -0.25) is 4.79 Å². The number of nitriles is 1. The van der Waals surface area contributed by atoms with E-state index in [4.69, 9.17) is 16.3 Å². The van der Waals surface area contributed by atoms with Gasteiger partial charge in [-0.2, -0.15) is 5.26 Å². The van der Waals surface area contributed by atoms with Crippen LogP contribution in [0.25, 0.3) is 6.08 Å². The molecule has 0 fully saturated rings. The van der Waals surface area contributed by atoms with Crippen LogP contribution in [0.2, 0.25) is 5.02 Å². The number of anilines is 1. The van der Waals surface area contributed by atoms with Crippen LogP contribution in [0.3, 0.4) is 0 Å². The third kappa shape index (κ3) is 6.23. The van der Waals surface area contributed by atoms with Crippen LogP contribution in [0, 0.1) is 25.2 Å². The normalized spacial score (nSPS) is 11.1. The smallest absolute Gasteiger partial charge is 0.266 e. The average Bonchev–Trinajstić information content (AvgIpc) is 2.74. The van der Waals surface area contributed by atoms with E-state index in [0.29, 0.717) is 37.6 Å². The zero-order valence-corrected chi connectivity index (χ0v) is 21.3. The topological polar surface area (TPSA) is 62.1 Å². The van der Waals surface area contributed by atoms with Crippen molar-refractivity contribution in [2.45, 2.75) is 20.5 Å². The first-order chi connectivity index (χ1) is 15.3. The fraction of sp³-hybridized carbons (Fsp3) is 0.120. The summed E-state index contributed by atoms with van der Waals surface area (Å²) in [5.41, 5.74) is 4.29. The number of carbonyl (C=O) groups is 1. The van der Waals surface area contributed by atoms with E-state index in [-0.39, 0.29) is 5.57 Å². The molecule has 7 heteroatoms. The largest absolute Gasteiger partial charge is 0.487 e. The summed E-state index contributed by atoms with van der Waals surface area (Å²) >= 11 is 13.2. The molecule has 0 aliphatic rings. The second-order valence-corrected chi connectivity index (χ2v) is 9.30.